The van der Waals surface area contributed by atoms with E-state index in [4.69, 9.17) is 9.47 Å². The number of hydrogen-bond donors (Lipinski definition) is 1. The van der Waals surface area contributed by atoms with Gasteiger partial charge in [-0.25, -0.2) is 0 Å². The summed E-state index contributed by atoms with van der Waals surface area (Å²) in [7, 11) is 0. The quantitative estimate of drug-likeness (QED) is 0.291. The van der Waals surface area contributed by atoms with Gasteiger partial charge in [0.15, 0.2) is 0 Å². The van der Waals surface area contributed by atoms with Gasteiger partial charge in [0.2, 0.25) is 0 Å². The highest BCUT2D eigenvalue weighted by atomic mass is 16.5. The van der Waals surface area contributed by atoms with Gasteiger partial charge < -0.3 is 14.6 Å². The molecule has 1 rings (SSSR count). The van der Waals surface area contributed by atoms with Crippen molar-refractivity contribution in [2.45, 2.75) is 84.5 Å². The van der Waals surface area contributed by atoms with E-state index < -0.39 is 5.41 Å². The summed E-state index contributed by atoms with van der Waals surface area (Å²) in [5.74, 6) is -0.167. The second-order valence-corrected chi connectivity index (χ2v) is 8.03. The van der Waals surface area contributed by atoms with Gasteiger partial charge in [-0.05, 0) is 70.9 Å². The molecule has 1 aliphatic heterocycles. The van der Waals surface area contributed by atoms with E-state index in [0.29, 0.717) is 19.4 Å². The number of ether oxygens (including phenoxy) is 2. The van der Waals surface area contributed by atoms with Gasteiger partial charge in [-0.3, -0.25) is 4.79 Å². The number of esters is 1. The zero-order valence-electron chi connectivity index (χ0n) is 16.3. The lowest BCUT2D eigenvalue weighted by Crippen LogP contribution is -2.23. The minimum Gasteiger partial charge on any atom is -0.465 e. The predicted molar refractivity (Wildman–Crippen MR) is 100 cm³/mol. The SMILES string of the molecule is C=C=C(C)C[C@@H](O)CC[C@@H]1O[C@@H](CCCOC(=O)C(C)(C)C)CC1=C. The molecule has 0 amide bonds. The molecule has 3 atom stereocenters. The Morgan fingerprint density at radius 1 is 1.44 bits per heavy atom. The smallest absolute Gasteiger partial charge is 0.311 e. The number of rotatable bonds is 9. The lowest BCUT2D eigenvalue weighted by atomic mass is 9.97. The fraction of sp³-hybridized carbons (Fsp3) is 0.714. The highest BCUT2D eigenvalue weighted by Crippen LogP contribution is 2.30. The van der Waals surface area contributed by atoms with Crippen molar-refractivity contribution in [2.24, 2.45) is 5.41 Å². The highest BCUT2D eigenvalue weighted by molar-refractivity contribution is 5.75. The van der Waals surface area contributed by atoms with Crippen LogP contribution in [0.2, 0.25) is 0 Å². The molecule has 0 unspecified atom stereocenters. The third-order valence-corrected chi connectivity index (χ3v) is 4.42. The second-order valence-electron chi connectivity index (χ2n) is 8.03. The topological polar surface area (TPSA) is 55.8 Å². The van der Waals surface area contributed by atoms with E-state index in [1.165, 1.54) is 0 Å². The van der Waals surface area contributed by atoms with Crippen molar-refractivity contribution in [3.8, 4) is 0 Å². The standard InChI is InChI=1S/C21H34O4/c1-7-15(2)13-17(22)10-11-19-16(3)14-18(25-19)9-8-12-24-20(23)21(4,5)6/h17-19,22H,1,3,8-14H2,2,4-6H3/t17-,18-,19-/m0/s1. The Morgan fingerprint density at radius 3 is 2.72 bits per heavy atom. The van der Waals surface area contributed by atoms with E-state index in [0.717, 1.165) is 36.8 Å². The summed E-state index contributed by atoms with van der Waals surface area (Å²) in [4.78, 5) is 11.7. The van der Waals surface area contributed by atoms with Crippen LogP contribution in [0.5, 0.6) is 0 Å². The molecule has 25 heavy (non-hydrogen) atoms. The average molecular weight is 350 g/mol. The molecule has 1 saturated heterocycles. The third kappa shape index (κ3) is 8.04. The van der Waals surface area contributed by atoms with Crippen LogP contribution in [0.3, 0.4) is 0 Å². The molecule has 0 aromatic rings. The lowest BCUT2D eigenvalue weighted by molar-refractivity contribution is -0.153. The van der Waals surface area contributed by atoms with E-state index in [1.807, 2.05) is 27.7 Å². The molecule has 0 aliphatic carbocycles. The Labute approximate surface area is 152 Å². The minimum atomic E-state index is -0.455. The van der Waals surface area contributed by atoms with Crippen LogP contribution in [-0.4, -0.2) is 36.0 Å². The number of hydrogen-bond acceptors (Lipinski definition) is 4. The van der Waals surface area contributed by atoms with Gasteiger partial charge in [-0.2, -0.15) is 0 Å². The summed E-state index contributed by atoms with van der Waals surface area (Å²) in [5, 5.41) is 10.0. The van der Waals surface area contributed by atoms with Crippen LogP contribution in [-0.2, 0) is 14.3 Å². The molecular weight excluding hydrogens is 316 g/mol. The molecule has 0 bridgehead atoms. The van der Waals surface area contributed by atoms with Crippen LogP contribution in [0.1, 0.15) is 66.2 Å². The Morgan fingerprint density at radius 2 is 2.12 bits per heavy atom. The summed E-state index contributed by atoms with van der Waals surface area (Å²) in [6, 6.07) is 0. The van der Waals surface area contributed by atoms with Crippen molar-refractivity contribution >= 4 is 5.97 Å². The van der Waals surface area contributed by atoms with E-state index in [-0.39, 0.29) is 24.3 Å². The van der Waals surface area contributed by atoms with Crippen LogP contribution < -0.4 is 0 Å². The number of carbonyl (C=O) groups excluding carboxylic acids is 1. The van der Waals surface area contributed by atoms with E-state index in [2.05, 4.69) is 18.9 Å². The van der Waals surface area contributed by atoms with E-state index >= 15 is 0 Å². The van der Waals surface area contributed by atoms with Crippen molar-refractivity contribution in [2.75, 3.05) is 6.61 Å². The fourth-order valence-electron chi connectivity index (χ4n) is 2.81. The molecule has 1 N–H and O–H groups in total. The van der Waals surface area contributed by atoms with Gasteiger partial charge >= 0.3 is 5.97 Å². The summed E-state index contributed by atoms with van der Waals surface area (Å²) >= 11 is 0. The molecule has 1 heterocycles. The number of aliphatic hydroxyl groups is 1. The van der Waals surface area contributed by atoms with Gasteiger partial charge in [0.1, 0.15) is 0 Å². The maximum absolute atomic E-state index is 11.7. The first-order valence-electron chi connectivity index (χ1n) is 9.17. The molecule has 4 nitrogen and oxygen atoms in total. The van der Waals surface area contributed by atoms with Gasteiger partial charge in [0.25, 0.3) is 0 Å². The van der Waals surface area contributed by atoms with Crippen LogP contribution in [0, 0.1) is 5.41 Å². The van der Waals surface area contributed by atoms with Gasteiger partial charge in [-0.15, -0.1) is 5.73 Å². The second kappa shape index (κ2) is 9.96. The molecule has 0 radical (unpaired) electrons. The van der Waals surface area contributed by atoms with E-state index in [9.17, 15) is 9.90 Å². The molecule has 1 fully saturated rings. The monoisotopic (exact) mass is 350 g/mol. The molecule has 1 aliphatic rings. The molecule has 4 heteroatoms. The molecular formula is C21H34O4. The normalized spacial score (nSPS) is 21.7. The number of aliphatic hydroxyl groups excluding tert-OH is 1. The van der Waals surface area contributed by atoms with Gasteiger partial charge in [-0.1, -0.05) is 13.2 Å². The van der Waals surface area contributed by atoms with Crippen molar-refractivity contribution in [3.05, 3.63) is 30.0 Å². The van der Waals surface area contributed by atoms with Crippen LogP contribution >= 0.6 is 0 Å². The summed E-state index contributed by atoms with van der Waals surface area (Å²) in [6.45, 7) is 15.6. The average Bonchev–Trinajstić information content (AvgIpc) is 2.88. The van der Waals surface area contributed by atoms with Crippen molar-refractivity contribution < 1.29 is 19.4 Å². The maximum atomic E-state index is 11.7. The first kappa shape index (κ1) is 21.7. The Kier molecular flexibility index (Phi) is 8.64. The molecule has 0 saturated carbocycles. The summed E-state index contributed by atoms with van der Waals surface area (Å²) in [6.07, 6.45) is 4.32. The summed E-state index contributed by atoms with van der Waals surface area (Å²) in [5.41, 5.74) is 4.42. The Balaban J connectivity index is 2.25. The zero-order valence-corrected chi connectivity index (χ0v) is 16.3. The molecule has 142 valence electrons. The van der Waals surface area contributed by atoms with Crippen LogP contribution in [0.15, 0.2) is 30.0 Å². The molecule has 0 spiro atoms. The predicted octanol–water partition coefficient (Wildman–Crippen LogP) is 4.33. The molecule has 0 aromatic carbocycles. The summed E-state index contributed by atoms with van der Waals surface area (Å²) < 4.78 is 11.3. The van der Waals surface area contributed by atoms with Crippen LogP contribution in [0.4, 0.5) is 0 Å². The Bertz CT molecular complexity index is 508. The third-order valence-electron chi connectivity index (χ3n) is 4.42. The van der Waals surface area contributed by atoms with Gasteiger partial charge in [0, 0.05) is 6.42 Å². The lowest BCUT2D eigenvalue weighted by Gasteiger charge is -2.18. The Hall–Kier alpha value is -1.35. The largest absolute Gasteiger partial charge is 0.465 e. The highest BCUT2D eigenvalue weighted by Gasteiger charge is 2.29. The first-order chi connectivity index (χ1) is 11.6. The van der Waals surface area contributed by atoms with Crippen molar-refractivity contribution in [1.29, 1.82) is 0 Å². The van der Waals surface area contributed by atoms with Crippen molar-refractivity contribution in [3.63, 3.8) is 0 Å². The number of carbonyl (C=O) groups is 1. The van der Waals surface area contributed by atoms with Crippen LogP contribution in [0.25, 0.3) is 0 Å². The first-order valence-corrected chi connectivity index (χ1v) is 9.17. The molecule has 0 aromatic heterocycles. The van der Waals surface area contributed by atoms with E-state index in [1.54, 1.807) is 0 Å². The minimum absolute atomic E-state index is 0.0183. The zero-order chi connectivity index (χ0) is 19.0. The fourth-order valence-corrected chi connectivity index (χ4v) is 2.81. The maximum Gasteiger partial charge on any atom is 0.311 e. The van der Waals surface area contributed by atoms with Crippen molar-refractivity contribution in [1.82, 2.24) is 0 Å². The van der Waals surface area contributed by atoms with Gasteiger partial charge in [0.05, 0.1) is 30.3 Å².